The minimum absolute atomic E-state index is 0. The molecule has 162 valence electrons. The van der Waals surface area contributed by atoms with Crippen molar-refractivity contribution in [2.75, 3.05) is 38.6 Å². The molecule has 7 nitrogen and oxygen atoms in total. The quantitative estimate of drug-likeness (QED) is 0.184. The summed E-state index contributed by atoms with van der Waals surface area (Å²) in [5.41, 5.74) is 0.728. The number of guanidine groups is 1. The van der Waals surface area contributed by atoms with Gasteiger partial charge in [0.25, 0.3) is 0 Å². The second kappa shape index (κ2) is 12.9. The maximum absolute atomic E-state index is 12.0. The van der Waals surface area contributed by atoms with Crippen molar-refractivity contribution in [3.05, 3.63) is 29.3 Å². The van der Waals surface area contributed by atoms with E-state index in [0.29, 0.717) is 31.0 Å². The fraction of sp³-hybridized carbons (Fsp3) is 0.550. The second-order valence-electron chi connectivity index (χ2n) is 6.91. The van der Waals surface area contributed by atoms with Crippen LogP contribution in [0.5, 0.6) is 0 Å². The third-order valence-electron chi connectivity index (χ3n) is 4.70. The monoisotopic (exact) mass is 536 g/mol. The largest absolute Gasteiger partial charge is 0.469 e. The van der Waals surface area contributed by atoms with Crippen LogP contribution in [-0.4, -0.2) is 56.0 Å². The zero-order valence-corrected chi connectivity index (χ0v) is 20.2. The third-order valence-corrected chi connectivity index (χ3v) is 4.95. The summed E-state index contributed by atoms with van der Waals surface area (Å²) in [4.78, 5) is 30.7. The van der Waals surface area contributed by atoms with Crippen LogP contribution in [0.4, 0.5) is 5.69 Å². The number of aliphatic imine (C=N–C) groups is 1. The van der Waals surface area contributed by atoms with Crippen LogP contribution in [-0.2, 0) is 14.3 Å². The molecule has 1 aliphatic rings. The first kappa shape index (κ1) is 25.5. The van der Waals surface area contributed by atoms with Crippen molar-refractivity contribution in [3.63, 3.8) is 0 Å². The Kier molecular flexibility index (Phi) is 11.3. The Hall–Kier alpha value is -1.55. The van der Waals surface area contributed by atoms with Gasteiger partial charge in [0.1, 0.15) is 0 Å². The van der Waals surface area contributed by atoms with Gasteiger partial charge in [0.15, 0.2) is 5.96 Å². The smallest absolute Gasteiger partial charge is 0.310 e. The summed E-state index contributed by atoms with van der Waals surface area (Å²) in [6.45, 7) is 6.67. The first-order valence-electron chi connectivity index (χ1n) is 9.61. The average molecular weight is 537 g/mol. The van der Waals surface area contributed by atoms with E-state index in [-0.39, 0.29) is 47.7 Å². The molecule has 0 spiro atoms. The molecule has 2 atom stereocenters. The second-order valence-corrected chi connectivity index (χ2v) is 7.34. The molecule has 0 saturated carbocycles. The number of ether oxygens (including phenoxy) is 1. The number of hydrogen-bond donors (Lipinski definition) is 2. The number of benzene rings is 1. The molecule has 1 heterocycles. The zero-order valence-electron chi connectivity index (χ0n) is 17.1. The number of carbonyl (C=O) groups excluding carboxylic acids is 2. The molecule has 0 radical (unpaired) electrons. The van der Waals surface area contributed by atoms with Crippen LogP contribution in [0.15, 0.2) is 29.3 Å². The normalized spacial score (nSPS) is 18.8. The summed E-state index contributed by atoms with van der Waals surface area (Å²) >= 11 is 5.84. The molecule has 2 unspecified atom stereocenters. The van der Waals surface area contributed by atoms with Gasteiger partial charge in [-0.05, 0) is 43.5 Å². The summed E-state index contributed by atoms with van der Waals surface area (Å²) in [5, 5.41) is 6.74. The maximum Gasteiger partial charge on any atom is 0.310 e. The lowest BCUT2D eigenvalue weighted by Crippen LogP contribution is -2.40. The molecule has 9 heteroatoms. The third kappa shape index (κ3) is 8.00. The first-order valence-corrected chi connectivity index (χ1v) is 9.98. The van der Waals surface area contributed by atoms with E-state index >= 15 is 0 Å². The predicted octanol–water partition coefficient (Wildman–Crippen LogP) is 3.38. The van der Waals surface area contributed by atoms with Crippen molar-refractivity contribution in [1.82, 2.24) is 10.2 Å². The lowest BCUT2D eigenvalue weighted by Gasteiger charge is -2.21. The Morgan fingerprint density at radius 1 is 1.28 bits per heavy atom. The van der Waals surface area contributed by atoms with Gasteiger partial charge in [-0.1, -0.05) is 18.5 Å². The zero-order chi connectivity index (χ0) is 20.5. The van der Waals surface area contributed by atoms with Crippen molar-refractivity contribution >= 4 is 59.1 Å². The van der Waals surface area contributed by atoms with Crippen molar-refractivity contribution in [3.8, 4) is 0 Å². The van der Waals surface area contributed by atoms with Gasteiger partial charge in [0, 0.05) is 43.3 Å². The molecule has 1 fully saturated rings. The van der Waals surface area contributed by atoms with E-state index in [2.05, 4.69) is 20.5 Å². The molecule has 0 aromatic heterocycles. The summed E-state index contributed by atoms with van der Waals surface area (Å²) in [7, 11) is 1.42. The summed E-state index contributed by atoms with van der Waals surface area (Å²) in [6.07, 6.45) is 1.02. The number of nitrogens with zero attached hydrogens (tertiary/aromatic N) is 2. The molecule has 0 bridgehead atoms. The molecular formula is C20H30ClIN4O3. The van der Waals surface area contributed by atoms with Crippen LogP contribution in [0, 0.1) is 11.8 Å². The van der Waals surface area contributed by atoms with Crippen molar-refractivity contribution in [1.29, 1.82) is 0 Å². The molecule has 1 aromatic carbocycles. The summed E-state index contributed by atoms with van der Waals surface area (Å²) in [6, 6.07) is 7.02. The van der Waals surface area contributed by atoms with Crippen LogP contribution >= 0.6 is 35.6 Å². The van der Waals surface area contributed by atoms with E-state index in [1.807, 2.05) is 13.8 Å². The summed E-state index contributed by atoms with van der Waals surface area (Å²) in [5.74, 6) is 0.618. The maximum atomic E-state index is 12.0. The Morgan fingerprint density at radius 3 is 2.59 bits per heavy atom. The van der Waals surface area contributed by atoms with Crippen molar-refractivity contribution < 1.29 is 14.3 Å². The lowest BCUT2D eigenvalue weighted by atomic mass is 9.99. The molecular weight excluding hydrogens is 507 g/mol. The molecule has 0 aliphatic carbocycles. The predicted molar refractivity (Wildman–Crippen MR) is 127 cm³/mol. The van der Waals surface area contributed by atoms with Gasteiger partial charge in [-0.15, -0.1) is 24.0 Å². The Balaban J connectivity index is 0.00000420. The molecule has 29 heavy (non-hydrogen) atoms. The standard InChI is InChI=1S/C20H29ClN4O3.HI/c1-4-22-20(25-12-14(2)17(13-25)19(27)28-3)23-11-5-6-18(26)24-16-9-7-15(21)8-10-16;/h7-10,14,17H,4-6,11-13H2,1-3H3,(H,22,23)(H,24,26);1H. The van der Waals surface area contributed by atoms with Crippen molar-refractivity contribution in [2.45, 2.75) is 26.7 Å². The number of halogens is 2. The molecule has 1 aliphatic heterocycles. The Bertz CT molecular complexity index is 699. The van der Waals surface area contributed by atoms with Crippen LogP contribution in [0.2, 0.25) is 5.02 Å². The number of carbonyl (C=O) groups is 2. The van der Waals surface area contributed by atoms with E-state index in [1.165, 1.54) is 7.11 Å². The number of likely N-dealkylation sites (tertiary alicyclic amines) is 1. The Morgan fingerprint density at radius 2 is 1.97 bits per heavy atom. The number of nitrogens with one attached hydrogen (secondary N) is 2. The van der Waals surface area contributed by atoms with Crippen LogP contribution in [0.1, 0.15) is 26.7 Å². The van der Waals surface area contributed by atoms with E-state index in [0.717, 1.165) is 24.7 Å². The molecule has 1 aromatic rings. The van der Waals surface area contributed by atoms with Gasteiger partial charge in [0.05, 0.1) is 13.0 Å². The summed E-state index contributed by atoms with van der Waals surface area (Å²) < 4.78 is 4.90. The highest BCUT2D eigenvalue weighted by molar-refractivity contribution is 14.0. The first-order chi connectivity index (χ1) is 13.4. The van der Waals surface area contributed by atoms with Crippen LogP contribution in [0.3, 0.4) is 0 Å². The number of methoxy groups -OCH3 is 1. The highest BCUT2D eigenvalue weighted by Gasteiger charge is 2.36. The number of anilines is 1. The number of esters is 1. The van der Waals surface area contributed by atoms with Crippen LogP contribution in [0.25, 0.3) is 0 Å². The van der Waals surface area contributed by atoms with E-state index in [9.17, 15) is 9.59 Å². The number of hydrogen-bond acceptors (Lipinski definition) is 4. The molecule has 1 saturated heterocycles. The molecule has 2 N–H and O–H groups in total. The molecule has 2 rings (SSSR count). The fourth-order valence-electron chi connectivity index (χ4n) is 3.21. The van der Waals surface area contributed by atoms with Gasteiger partial charge in [0.2, 0.25) is 5.91 Å². The van der Waals surface area contributed by atoms with Gasteiger partial charge in [-0.2, -0.15) is 0 Å². The minimum Gasteiger partial charge on any atom is -0.469 e. The Labute approximate surface area is 194 Å². The fourth-order valence-corrected chi connectivity index (χ4v) is 3.33. The van der Waals surface area contributed by atoms with E-state index in [1.54, 1.807) is 24.3 Å². The van der Waals surface area contributed by atoms with Gasteiger partial charge >= 0.3 is 5.97 Å². The highest BCUT2D eigenvalue weighted by Crippen LogP contribution is 2.24. The average Bonchev–Trinajstić information content (AvgIpc) is 3.07. The highest BCUT2D eigenvalue weighted by atomic mass is 127. The number of rotatable bonds is 7. The number of amides is 1. The molecule has 1 amide bonds. The topological polar surface area (TPSA) is 83.0 Å². The van der Waals surface area contributed by atoms with E-state index < -0.39 is 0 Å². The van der Waals surface area contributed by atoms with E-state index in [4.69, 9.17) is 16.3 Å². The van der Waals surface area contributed by atoms with Gasteiger partial charge < -0.3 is 20.3 Å². The van der Waals surface area contributed by atoms with Gasteiger partial charge in [-0.25, -0.2) is 0 Å². The minimum atomic E-state index is -0.176. The van der Waals surface area contributed by atoms with Gasteiger partial charge in [-0.3, -0.25) is 14.6 Å². The van der Waals surface area contributed by atoms with Crippen LogP contribution < -0.4 is 10.6 Å². The SMILES string of the molecule is CCNC(=NCCCC(=O)Nc1ccc(Cl)cc1)N1CC(C)C(C(=O)OC)C1.I. The van der Waals surface area contributed by atoms with Crippen molar-refractivity contribution in [2.24, 2.45) is 16.8 Å². The lowest BCUT2D eigenvalue weighted by molar-refractivity contribution is -0.146.